The summed E-state index contributed by atoms with van der Waals surface area (Å²) in [5, 5.41) is 0. The molecule has 0 unspecified atom stereocenters. The predicted octanol–water partition coefficient (Wildman–Crippen LogP) is 2.22. The third-order valence-corrected chi connectivity index (χ3v) is 5.63. The van der Waals surface area contributed by atoms with Gasteiger partial charge >= 0.3 is 0 Å². The van der Waals surface area contributed by atoms with Crippen LogP contribution in [0.4, 0.5) is 4.39 Å². The Morgan fingerprint density at radius 3 is 3.00 bits per heavy atom. The minimum atomic E-state index is -0.783. The number of hydrogen-bond acceptors (Lipinski definition) is 4. The molecule has 0 aromatic carbocycles. The number of carbonyl (C=O) groups is 1. The second-order valence-electron chi connectivity index (χ2n) is 7.18. The first-order valence-corrected chi connectivity index (χ1v) is 8.76. The lowest BCUT2D eigenvalue weighted by molar-refractivity contribution is -0.173. The largest absolute Gasteiger partial charge is 0.492 e. The van der Waals surface area contributed by atoms with Crippen molar-refractivity contribution in [1.29, 1.82) is 0 Å². The van der Waals surface area contributed by atoms with Crippen LogP contribution < -0.4 is 4.74 Å². The Labute approximate surface area is 141 Å². The van der Waals surface area contributed by atoms with Crippen molar-refractivity contribution < 1.29 is 18.7 Å². The first-order valence-electron chi connectivity index (χ1n) is 8.76. The maximum absolute atomic E-state index is 12.9. The molecule has 6 heteroatoms. The topological polar surface area (TPSA) is 51.7 Å². The maximum atomic E-state index is 12.9. The summed E-state index contributed by atoms with van der Waals surface area (Å²) in [5.74, 6) is 1.19. The fourth-order valence-corrected chi connectivity index (χ4v) is 4.06. The molecule has 3 heterocycles. The zero-order chi connectivity index (χ0) is 16.6. The Hall–Kier alpha value is -1.69. The van der Waals surface area contributed by atoms with E-state index in [0.29, 0.717) is 38.5 Å². The Morgan fingerprint density at radius 1 is 1.46 bits per heavy atom. The van der Waals surface area contributed by atoms with Gasteiger partial charge in [-0.3, -0.25) is 9.78 Å². The van der Waals surface area contributed by atoms with E-state index in [4.69, 9.17) is 9.47 Å². The highest BCUT2D eigenvalue weighted by Gasteiger charge is 2.55. The number of carbonyl (C=O) groups excluding carboxylic acids is 1. The molecule has 1 aliphatic carbocycles. The number of hydrogen-bond donors (Lipinski definition) is 0. The van der Waals surface area contributed by atoms with E-state index < -0.39 is 6.17 Å². The molecule has 1 saturated carbocycles. The second-order valence-corrected chi connectivity index (χ2v) is 7.18. The van der Waals surface area contributed by atoms with Crippen LogP contribution in [0.1, 0.15) is 25.7 Å². The zero-order valence-corrected chi connectivity index (χ0v) is 13.7. The molecule has 4 rings (SSSR count). The number of rotatable bonds is 5. The van der Waals surface area contributed by atoms with Gasteiger partial charge in [-0.1, -0.05) is 0 Å². The molecule has 1 spiro atoms. The van der Waals surface area contributed by atoms with E-state index in [1.54, 1.807) is 12.4 Å². The smallest absolute Gasteiger partial charge is 0.226 e. The van der Waals surface area contributed by atoms with Crippen LogP contribution in [0.3, 0.4) is 0 Å². The van der Waals surface area contributed by atoms with Gasteiger partial charge in [0.25, 0.3) is 0 Å². The van der Waals surface area contributed by atoms with Crippen LogP contribution >= 0.6 is 0 Å². The molecule has 3 fully saturated rings. The minimum absolute atomic E-state index is 0.105. The summed E-state index contributed by atoms with van der Waals surface area (Å²) in [6, 6.07) is 3.75. The quantitative estimate of drug-likeness (QED) is 0.828. The van der Waals surface area contributed by atoms with Crippen LogP contribution in [0.2, 0.25) is 0 Å². The van der Waals surface area contributed by atoms with E-state index in [0.717, 1.165) is 25.2 Å². The molecule has 0 N–H and O–H groups in total. The Morgan fingerprint density at radius 2 is 2.29 bits per heavy atom. The molecule has 24 heavy (non-hydrogen) atoms. The van der Waals surface area contributed by atoms with Gasteiger partial charge in [0, 0.05) is 18.7 Å². The van der Waals surface area contributed by atoms with E-state index in [2.05, 4.69) is 4.98 Å². The number of aromatic nitrogens is 1. The van der Waals surface area contributed by atoms with Crippen LogP contribution in [0.5, 0.6) is 5.75 Å². The van der Waals surface area contributed by atoms with Gasteiger partial charge in [0.2, 0.25) is 5.91 Å². The van der Waals surface area contributed by atoms with Gasteiger partial charge in [-0.05, 0) is 43.7 Å². The SMILES string of the molecule is O=C(C1CC(F)C1)N1CC2(C1)OCC[C@@H]2CCOc1cccnc1. The van der Waals surface area contributed by atoms with Crippen LogP contribution in [-0.4, -0.2) is 53.9 Å². The number of ether oxygens (including phenoxy) is 2. The lowest BCUT2D eigenvalue weighted by atomic mass is 9.76. The molecule has 0 radical (unpaired) electrons. The normalized spacial score (nSPS) is 30.7. The molecule has 130 valence electrons. The van der Waals surface area contributed by atoms with Crippen molar-refractivity contribution in [2.45, 2.75) is 37.5 Å². The summed E-state index contributed by atoms with van der Waals surface area (Å²) >= 11 is 0. The summed E-state index contributed by atoms with van der Waals surface area (Å²) in [4.78, 5) is 18.2. The molecule has 1 aromatic rings. The monoisotopic (exact) mass is 334 g/mol. The molecule has 0 bridgehead atoms. The Bertz CT molecular complexity index is 585. The second kappa shape index (κ2) is 6.31. The molecule has 1 atom stereocenters. The highest BCUT2D eigenvalue weighted by molar-refractivity contribution is 5.81. The van der Waals surface area contributed by atoms with Gasteiger partial charge in [0.1, 0.15) is 17.5 Å². The lowest BCUT2D eigenvalue weighted by Gasteiger charge is -2.52. The molecular formula is C18H23FN2O3. The highest BCUT2D eigenvalue weighted by atomic mass is 19.1. The van der Waals surface area contributed by atoms with Crippen molar-refractivity contribution in [3.05, 3.63) is 24.5 Å². The first-order chi connectivity index (χ1) is 11.7. The number of amides is 1. The van der Waals surface area contributed by atoms with Gasteiger partial charge in [-0.2, -0.15) is 0 Å². The molecule has 3 aliphatic rings. The summed E-state index contributed by atoms with van der Waals surface area (Å²) in [5.41, 5.74) is -0.202. The summed E-state index contributed by atoms with van der Waals surface area (Å²) < 4.78 is 24.7. The molecule has 2 saturated heterocycles. The first kappa shape index (κ1) is 15.8. The number of likely N-dealkylation sites (tertiary alicyclic amines) is 1. The van der Waals surface area contributed by atoms with Crippen molar-refractivity contribution >= 4 is 5.91 Å². The number of pyridine rings is 1. The van der Waals surface area contributed by atoms with Crippen LogP contribution in [-0.2, 0) is 9.53 Å². The van der Waals surface area contributed by atoms with Crippen molar-refractivity contribution in [3.63, 3.8) is 0 Å². The van der Waals surface area contributed by atoms with E-state index in [-0.39, 0.29) is 17.4 Å². The van der Waals surface area contributed by atoms with Gasteiger partial charge in [0.15, 0.2) is 0 Å². The van der Waals surface area contributed by atoms with Crippen LogP contribution in [0, 0.1) is 11.8 Å². The van der Waals surface area contributed by atoms with Gasteiger partial charge in [-0.15, -0.1) is 0 Å². The average molecular weight is 334 g/mol. The maximum Gasteiger partial charge on any atom is 0.226 e. The Balaban J connectivity index is 1.26. The fraction of sp³-hybridized carbons (Fsp3) is 0.667. The number of halogens is 1. The van der Waals surface area contributed by atoms with Crippen LogP contribution in [0.25, 0.3) is 0 Å². The highest BCUT2D eigenvalue weighted by Crippen LogP contribution is 2.43. The van der Waals surface area contributed by atoms with Crippen LogP contribution in [0.15, 0.2) is 24.5 Å². The molecule has 1 amide bonds. The third-order valence-electron chi connectivity index (χ3n) is 5.63. The average Bonchev–Trinajstić information content (AvgIpc) is 2.95. The minimum Gasteiger partial charge on any atom is -0.492 e. The van der Waals surface area contributed by atoms with Crippen molar-refractivity contribution in [3.8, 4) is 5.75 Å². The Kier molecular flexibility index (Phi) is 4.16. The van der Waals surface area contributed by atoms with Crippen molar-refractivity contribution in [2.24, 2.45) is 11.8 Å². The predicted molar refractivity (Wildman–Crippen MR) is 85.3 cm³/mol. The zero-order valence-electron chi connectivity index (χ0n) is 13.7. The summed E-state index contributed by atoms with van der Waals surface area (Å²) in [7, 11) is 0. The molecule has 1 aromatic heterocycles. The van der Waals surface area contributed by atoms with Crippen molar-refractivity contribution in [2.75, 3.05) is 26.3 Å². The number of nitrogens with zero attached hydrogens (tertiary/aromatic N) is 2. The van der Waals surface area contributed by atoms with E-state index in [1.807, 2.05) is 17.0 Å². The fourth-order valence-electron chi connectivity index (χ4n) is 4.06. The molecule has 5 nitrogen and oxygen atoms in total. The molecular weight excluding hydrogens is 311 g/mol. The van der Waals surface area contributed by atoms with Gasteiger partial charge < -0.3 is 14.4 Å². The van der Waals surface area contributed by atoms with Gasteiger partial charge in [-0.25, -0.2) is 4.39 Å². The van der Waals surface area contributed by atoms with E-state index in [9.17, 15) is 9.18 Å². The summed E-state index contributed by atoms with van der Waals surface area (Å²) in [6.45, 7) is 2.67. The molecule has 2 aliphatic heterocycles. The third kappa shape index (κ3) is 2.88. The standard InChI is InChI=1S/C18H23FN2O3/c19-15-8-13(9-15)17(22)21-11-18(12-21)14(4-7-24-18)3-6-23-16-2-1-5-20-10-16/h1-2,5,10,13-15H,3-4,6-9,11-12H2/t13?,14-,15?/m0/s1. The lowest BCUT2D eigenvalue weighted by Crippen LogP contribution is -2.67. The number of alkyl halides is 1. The van der Waals surface area contributed by atoms with E-state index >= 15 is 0 Å². The summed E-state index contributed by atoms with van der Waals surface area (Å²) in [6.07, 6.45) is 5.36. The van der Waals surface area contributed by atoms with E-state index in [1.165, 1.54) is 0 Å². The van der Waals surface area contributed by atoms with Crippen molar-refractivity contribution in [1.82, 2.24) is 9.88 Å². The van der Waals surface area contributed by atoms with Gasteiger partial charge in [0.05, 0.1) is 25.9 Å².